The van der Waals surface area contributed by atoms with Gasteiger partial charge in [-0.1, -0.05) is 0 Å². The molecule has 1 aliphatic heterocycles. The summed E-state index contributed by atoms with van der Waals surface area (Å²) in [6.07, 6.45) is 0. The minimum Gasteiger partial charge on any atom is -0.497 e. The van der Waals surface area contributed by atoms with Gasteiger partial charge in [-0.05, 0) is 43.2 Å². The molecular formula is C17H13NO4. The maximum absolute atomic E-state index is 12.0. The van der Waals surface area contributed by atoms with Crippen molar-refractivity contribution < 1.29 is 19.1 Å². The quantitative estimate of drug-likeness (QED) is 0.552. The molecule has 5 nitrogen and oxygen atoms in total. The van der Waals surface area contributed by atoms with Crippen LogP contribution in [-0.2, 0) is 4.74 Å². The Labute approximate surface area is 125 Å². The van der Waals surface area contributed by atoms with Crippen LogP contribution >= 0.6 is 0 Å². The Hall–Kier alpha value is -2.82. The van der Waals surface area contributed by atoms with E-state index in [1.54, 1.807) is 7.11 Å². The fraction of sp³-hybridized carbons (Fsp3) is 0.176. The van der Waals surface area contributed by atoms with E-state index in [1.807, 2.05) is 32.0 Å². The fourth-order valence-electron chi connectivity index (χ4n) is 3.29. The molecule has 0 saturated heterocycles. The first-order chi connectivity index (χ1) is 10.5. The second-order valence-corrected chi connectivity index (χ2v) is 5.46. The number of ether oxygens (including phenoxy) is 2. The summed E-state index contributed by atoms with van der Waals surface area (Å²) in [6.45, 7) is 3.67. The van der Waals surface area contributed by atoms with E-state index in [0.717, 1.165) is 38.7 Å². The highest BCUT2D eigenvalue weighted by Gasteiger charge is 2.35. The van der Waals surface area contributed by atoms with Crippen molar-refractivity contribution in [3.05, 3.63) is 40.5 Å². The van der Waals surface area contributed by atoms with Crippen molar-refractivity contribution in [1.82, 2.24) is 4.98 Å². The SMILES string of the molecule is COc1ccc2[nH]c3c(C)c4c(c(C)c3c2c1)C(=O)OC4=O. The predicted octanol–water partition coefficient (Wildman–Crippen LogP) is 3.26. The van der Waals surface area contributed by atoms with E-state index in [1.165, 1.54) is 0 Å². The Bertz CT molecular complexity index is 997. The van der Waals surface area contributed by atoms with Crippen molar-refractivity contribution in [2.75, 3.05) is 7.11 Å². The minimum atomic E-state index is -0.571. The summed E-state index contributed by atoms with van der Waals surface area (Å²) in [5.74, 6) is -0.400. The van der Waals surface area contributed by atoms with Crippen LogP contribution in [0.4, 0.5) is 0 Å². The van der Waals surface area contributed by atoms with E-state index in [0.29, 0.717) is 11.1 Å². The topological polar surface area (TPSA) is 68.4 Å². The van der Waals surface area contributed by atoms with Crippen LogP contribution in [0.2, 0.25) is 0 Å². The maximum atomic E-state index is 12.0. The number of carbonyl (C=O) groups is 2. The molecule has 5 heteroatoms. The van der Waals surface area contributed by atoms with Crippen LogP contribution < -0.4 is 4.74 Å². The molecule has 4 rings (SSSR count). The van der Waals surface area contributed by atoms with Crippen molar-refractivity contribution in [2.45, 2.75) is 13.8 Å². The number of hydrogen-bond donors (Lipinski definition) is 1. The number of aromatic amines is 1. The number of cyclic esters (lactones) is 2. The van der Waals surface area contributed by atoms with Gasteiger partial charge in [0.15, 0.2) is 0 Å². The highest BCUT2D eigenvalue weighted by atomic mass is 16.6. The molecule has 0 unspecified atom stereocenters. The van der Waals surface area contributed by atoms with E-state index in [-0.39, 0.29) is 0 Å². The average Bonchev–Trinajstić information content (AvgIpc) is 3.02. The Morgan fingerprint density at radius 1 is 1.05 bits per heavy atom. The third-order valence-electron chi connectivity index (χ3n) is 4.35. The van der Waals surface area contributed by atoms with E-state index in [9.17, 15) is 9.59 Å². The molecule has 2 aromatic carbocycles. The number of hydrogen-bond acceptors (Lipinski definition) is 4. The lowest BCUT2D eigenvalue weighted by Crippen LogP contribution is -1.99. The Kier molecular flexibility index (Phi) is 2.40. The maximum Gasteiger partial charge on any atom is 0.347 e. The van der Waals surface area contributed by atoms with E-state index >= 15 is 0 Å². The molecule has 22 heavy (non-hydrogen) atoms. The van der Waals surface area contributed by atoms with Gasteiger partial charge in [-0.25, -0.2) is 9.59 Å². The first-order valence-corrected chi connectivity index (χ1v) is 6.92. The Balaban J connectivity index is 2.24. The monoisotopic (exact) mass is 295 g/mol. The Morgan fingerprint density at radius 2 is 1.73 bits per heavy atom. The zero-order chi connectivity index (χ0) is 15.6. The smallest absolute Gasteiger partial charge is 0.347 e. The summed E-state index contributed by atoms with van der Waals surface area (Å²) in [4.78, 5) is 27.3. The largest absolute Gasteiger partial charge is 0.497 e. The predicted molar refractivity (Wildman–Crippen MR) is 81.6 cm³/mol. The van der Waals surface area contributed by atoms with Gasteiger partial charge < -0.3 is 14.5 Å². The van der Waals surface area contributed by atoms with E-state index in [4.69, 9.17) is 9.47 Å². The molecule has 0 spiro atoms. The van der Waals surface area contributed by atoms with Gasteiger partial charge >= 0.3 is 11.9 Å². The van der Waals surface area contributed by atoms with E-state index < -0.39 is 11.9 Å². The number of carbonyl (C=O) groups excluding carboxylic acids is 2. The lowest BCUT2D eigenvalue weighted by atomic mass is 9.94. The number of rotatable bonds is 1. The van der Waals surface area contributed by atoms with Crippen molar-refractivity contribution in [3.8, 4) is 5.75 Å². The molecule has 3 aromatic rings. The number of esters is 2. The molecular weight excluding hydrogens is 282 g/mol. The molecule has 0 fully saturated rings. The van der Waals surface area contributed by atoms with Gasteiger partial charge in [0.05, 0.1) is 23.8 Å². The van der Waals surface area contributed by atoms with E-state index in [2.05, 4.69) is 4.98 Å². The van der Waals surface area contributed by atoms with Gasteiger partial charge in [-0.2, -0.15) is 0 Å². The summed E-state index contributed by atoms with van der Waals surface area (Å²) >= 11 is 0. The number of nitrogens with one attached hydrogen (secondary N) is 1. The Morgan fingerprint density at radius 3 is 2.41 bits per heavy atom. The van der Waals surface area contributed by atoms with Gasteiger partial charge in [0.25, 0.3) is 0 Å². The summed E-state index contributed by atoms with van der Waals surface area (Å²) in [5, 5.41) is 1.89. The molecule has 110 valence electrons. The van der Waals surface area contributed by atoms with Crippen LogP contribution in [0.1, 0.15) is 31.8 Å². The molecule has 1 aromatic heterocycles. The number of H-pyrrole nitrogens is 1. The highest BCUT2D eigenvalue weighted by Crippen LogP contribution is 2.38. The molecule has 0 bridgehead atoms. The number of aryl methyl sites for hydroxylation is 2. The summed E-state index contributed by atoms with van der Waals surface area (Å²) in [6, 6.07) is 5.73. The number of methoxy groups -OCH3 is 1. The van der Waals surface area contributed by atoms with Crippen molar-refractivity contribution >= 4 is 33.7 Å². The van der Waals surface area contributed by atoms with Crippen LogP contribution in [0.15, 0.2) is 18.2 Å². The molecule has 0 saturated carbocycles. The first-order valence-electron chi connectivity index (χ1n) is 6.92. The second-order valence-electron chi connectivity index (χ2n) is 5.46. The zero-order valence-corrected chi connectivity index (χ0v) is 12.4. The van der Waals surface area contributed by atoms with Gasteiger partial charge in [0.1, 0.15) is 5.75 Å². The van der Waals surface area contributed by atoms with Crippen molar-refractivity contribution in [2.24, 2.45) is 0 Å². The summed E-state index contributed by atoms with van der Waals surface area (Å²) in [7, 11) is 1.61. The summed E-state index contributed by atoms with van der Waals surface area (Å²) in [5.41, 5.74) is 4.03. The van der Waals surface area contributed by atoms with Gasteiger partial charge in [0.2, 0.25) is 0 Å². The van der Waals surface area contributed by atoms with Gasteiger partial charge in [-0.15, -0.1) is 0 Å². The zero-order valence-electron chi connectivity index (χ0n) is 12.4. The van der Waals surface area contributed by atoms with Crippen LogP contribution in [-0.4, -0.2) is 24.0 Å². The second kappa shape index (κ2) is 4.10. The van der Waals surface area contributed by atoms with Gasteiger partial charge in [0, 0.05) is 16.3 Å². The third kappa shape index (κ3) is 1.43. The number of fused-ring (bicyclic) bond motifs is 4. The number of aromatic nitrogens is 1. The first kappa shape index (κ1) is 12.9. The fourth-order valence-corrected chi connectivity index (χ4v) is 3.29. The summed E-state index contributed by atoms with van der Waals surface area (Å²) < 4.78 is 10.1. The van der Waals surface area contributed by atoms with Crippen molar-refractivity contribution in [3.63, 3.8) is 0 Å². The minimum absolute atomic E-state index is 0.369. The molecule has 2 heterocycles. The molecule has 1 N–H and O–H groups in total. The van der Waals surface area contributed by atoms with Crippen LogP contribution in [0.5, 0.6) is 5.75 Å². The lowest BCUT2D eigenvalue weighted by Gasteiger charge is -2.06. The molecule has 0 aliphatic carbocycles. The van der Waals surface area contributed by atoms with Crippen LogP contribution in [0, 0.1) is 13.8 Å². The molecule has 0 atom stereocenters. The van der Waals surface area contributed by atoms with Crippen LogP contribution in [0.3, 0.4) is 0 Å². The van der Waals surface area contributed by atoms with Crippen molar-refractivity contribution in [1.29, 1.82) is 0 Å². The molecule has 1 aliphatic rings. The van der Waals surface area contributed by atoms with Crippen LogP contribution in [0.25, 0.3) is 21.8 Å². The average molecular weight is 295 g/mol. The standard InChI is InChI=1S/C17H13NO4/c1-7-12-10-6-9(21-3)4-5-11(10)18-15(12)8(2)14-13(7)16(19)22-17(14)20/h4-6,18H,1-3H3. The lowest BCUT2D eigenvalue weighted by molar-refractivity contribution is 0.0443. The third-order valence-corrected chi connectivity index (χ3v) is 4.35. The molecule has 0 amide bonds. The highest BCUT2D eigenvalue weighted by molar-refractivity contribution is 6.22. The normalized spacial score (nSPS) is 13.8. The number of benzene rings is 2. The molecule has 0 radical (unpaired) electrons. The van der Waals surface area contributed by atoms with Gasteiger partial charge in [-0.3, -0.25) is 0 Å².